The fourth-order valence-corrected chi connectivity index (χ4v) is 1.85. The summed E-state index contributed by atoms with van der Waals surface area (Å²) in [5.74, 6) is -0.115. The van der Waals surface area contributed by atoms with E-state index in [0.29, 0.717) is 19.5 Å². The highest BCUT2D eigenvalue weighted by Crippen LogP contribution is 2.11. The van der Waals surface area contributed by atoms with Crippen LogP contribution in [-0.2, 0) is 22.7 Å². The lowest BCUT2D eigenvalue weighted by molar-refractivity contribution is -0.121. The molecule has 0 fully saturated rings. The molecule has 0 atom stereocenters. The number of rotatable bonds is 7. The van der Waals surface area contributed by atoms with Crippen molar-refractivity contribution in [3.05, 3.63) is 42.5 Å². The summed E-state index contributed by atoms with van der Waals surface area (Å²) in [5, 5.41) is 9.62. The van der Waals surface area contributed by atoms with Crippen molar-refractivity contribution >= 4 is 17.5 Å². The van der Waals surface area contributed by atoms with Gasteiger partial charge in [-0.05, 0) is 17.7 Å². The number of benzene rings is 1. The molecule has 1 aromatic heterocycles. The molecule has 0 saturated carbocycles. The number of amides is 2. The van der Waals surface area contributed by atoms with Gasteiger partial charge < -0.3 is 10.6 Å². The predicted molar refractivity (Wildman–Crippen MR) is 86.4 cm³/mol. The van der Waals surface area contributed by atoms with Gasteiger partial charge in [-0.3, -0.25) is 14.3 Å². The van der Waals surface area contributed by atoms with Crippen molar-refractivity contribution in [2.24, 2.45) is 5.92 Å². The van der Waals surface area contributed by atoms with Crippen LogP contribution in [-0.4, -0.2) is 26.6 Å². The fraction of sp³-hybridized carbons (Fsp3) is 0.375. The lowest BCUT2D eigenvalue weighted by atomic mass is 10.1. The largest absolute Gasteiger partial charge is 0.352 e. The Balaban J connectivity index is 1.75. The third-order valence-electron chi connectivity index (χ3n) is 3.27. The van der Waals surface area contributed by atoms with Gasteiger partial charge in [-0.1, -0.05) is 26.0 Å². The third kappa shape index (κ3) is 5.54. The van der Waals surface area contributed by atoms with E-state index in [1.807, 2.05) is 38.1 Å². The highest BCUT2D eigenvalue weighted by Gasteiger charge is 2.07. The number of aromatic nitrogens is 3. The van der Waals surface area contributed by atoms with Crippen molar-refractivity contribution < 1.29 is 9.59 Å². The zero-order chi connectivity index (χ0) is 16.7. The Morgan fingerprint density at radius 3 is 2.57 bits per heavy atom. The second kappa shape index (κ2) is 8.07. The van der Waals surface area contributed by atoms with Crippen molar-refractivity contribution in [1.29, 1.82) is 0 Å². The van der Waals surface area contributed by atoms with Crippen molar-refractivity contribution in [2.75, 3.05) is 5.32 Å². The fourth-order valence-electron chi connectivity index (χ4n) is 1.85. The molecule has 1 heterocycles. The topological polar surface area (TPSA) is 88.9 Å². The number of aryl methyl sites for hydroxylation is 1. The second-order valence-corrected chi connectivity index (χ2v) is 5.53. The SMILES string of the molecule is CC(C)C(=O)Nc1ccc(CNC(=O)CCn2cncn2)cc1. The number of nitrogens with one attached hydrogen (secondary N) is 2. The summed E-state index contributed by atoms with van der Waals surface area (Å²) in [6, 6.07) is 7.43. The number of anilines is 1. The van der Waals surface area contributed by atoms with Crippen molar-refractivity contribution in [3.63, 3.8) is 0 Å². The van der Waals surface area contributed by atoms with E-state index in [-0.39, 0.29) is 17.7 Å². The van der Waals surface area contributed by atoms with Gasteiger partial charge in [0.25, 0.3) is 0 Å². The van der Waals surface area contributed by atoms with Gasteiger partial charge in [0.05, 0.1) is 6.54 Å². The third-order valence-corrected chi connectivity index (χ3v) is 3.27. The van der Waals surface area contributed by atoms with Crippen molar-refractivity contribution in [3.8, 4) is 0 Å². The van der Waals surface area contributed by atoms with Gasteiger partial charge in [0.15, 0.2) is 0 Å². The van der Waals surface area contributed by atoms with Crippen LogP contribution in [0.1, 0.15) is 25.8 Å². The first-order valence-electron chi connectivity index (χ1n) is 7.53. The summed E-state index contributed by atoms with van der Waals surface area (Å²) in [7, 11) is 0. The lowest BCUT2D eigenvalue weighted by Crippen LogP contribution is -2.24. The van der Waals surface area contributed by atoms with Crippen LogP contribution in [0, 0.1) is 5.92 Å². The predicted octanol–water partition coefficient (Wildman–Crippen LogP) is 1.58. The first-order valence-corrected chi connectivity index (χ1v) is 7.53. The van der Waals surface area contributed by atoms with Crippen LogP contribution in [0.5, 0.6) is 0 Å². The van der Waals surface area contributed by atoms with E-state index in [4.69, 9.17) is 0 Å². The molecule has 122 valence electrons. The van der Waals surface area contributed by atoms with Gasteiger partial charge >= 0.3 is 0 Å². The molecule has 23 heavy (non-hydrogen) atoms. The molecule has 0 aliphatic heterocycles. The molecule has 7 nitrogen and oxygen atoms in total. The maximum Gasteiger partial charge on any atom is 0.226 e. The summed E-state index contributed by atoms with van der Waals surface area (Å²) in [4.78, 5) is 27.2. The Morgan fingerprint density at radius 1 is 1.22 bits per heavy atom. The molecule has 1 aromatic carbocycles. The van der Waals surface area contributed by atoms with Gasteiger partial charge in [0, 0.05) is 24.6 Å². The van der Waals surface area contributed by atoms with Crippen molar-refractivity contribution in [2.45, 2.75) is 33.4 Å². The molecular weight excluding hydrogens is 294 g/mol. The van der Waals surface area contributed by atoms with Crippen LogP contribution in [0.3, 0.4) is 0 Å². The van der Waals surface area contributed by atoms with E-state index in [1.54, 1.807) is 11.0 Å². The highest BCUT2D eigenvalue weighted by molar-refractivity contribution is 5.92. The maximum absolute atomic E-state index is 11.8. The van der Waals surface area contributed by atoms with Gasteiger partial charge in [-0.15, -0.1) is 0 Å². The van der Waals surface area contributed by atoms with E-state index in [2.05, 4.69) is 20.7 Å². The summed E-state index contributed by atoms with van der Waals surface area (Å²) in [6.45, 7) is 4.65. The Bertz CT molecular complexity index is 635. The van der Waals surface area contributed by atoms with Crippen LogP contribution in [0.4, 0.5) is 5.69 Å². The first kappa shape index (κ1) is 16.7. The molecule has 7 heteroatoms. The summed E-state index contributed by atoms with van der Waals surface area (Å²) in [5.41, 5.74) is 1.73. The van der Waals surface area contributed by atoms with E-state index in [1.165, 1.54) is 6.33 Å². The second-order valence-electron chi connectivity index (χ2n) is 5.53. The average Bonchev–Trinajstić information content (AvgIpc) is 3.05. The normalized spacial score (nSPS) is 10.6. The van der Waals surface area contributed by atoms with Gasteiger partial charge in [-0.2, -0.15) is 5.10 Å². The highest BCUT2D eigenvalue weighted by atomic mass is 16.2. The standard InChI is InChI=1S/C16H21N5O2/c1-12(2)16(23)20-14-5-3-13(4-6-14)9-18-15(22)7-8-21-11-17-10-19-21/h3-6,10-12H,7-9H2,1-2H3,(H,18,22)(H,20,23). The van der Waals surface area contributed by atoms with Crippen LogP contribution in [0.25, 0.3) is 0 Å². The molecule has 0 spiro atoms. The average molecular weight is 315 g/mol. The van der Waals surface area contributed by atoms with Crippen LogP contribution in [0.15, 0.2) is 36.9 Å². The molecular formula is C16H21N5O2. The van der Waals surface area contributed by atoms with Crippen molar-refractivity contribution in [1.82, 2.24) is 20.1 Å². The number of carbonyl (C=O) groups excluding carboxylic acids is 2. The van der Waals surface area contributed by atoms with Gasteiger partial charge in [-0.25, -0.2) is 4.98 Å². The van der Waals surface area contributed by atoms with Crippen LogP contribution < -0.4 is 10.6 Å². The monoisotopic (exact) mass is 315 g/mol. The molecule has 2 rings (SSSR count). The van der Waals surface area contributed by atoms with E-state index in [0.717, 1.165) is 11.3 Å². The molecule has 0 bridgehead atoms. The molecule has 0 saturated heterocycles. The first-order chi connectivity index (χ1) is 11.0. The number of nitrogens with zero attached hydrogens (tertiary/aromatic N) is 3. The lowest BCUT2D eigenvalue weighted by Gasteiger charge is -2.09. The molecule has 0 aliphatic carbocycles. The Kier molecular flexibility index (Phi) is 5.85. The molecule has 0 unspecified atom stereocenters. The molecule has 0 aliphatic rings. The summed E-state index contributed by atoms with van der Waals surface area (Å²) in [6.07, 6.45) is 3.38. The quantitative estimate of drug-likeness (QED) is 0.812. The van der Waals surface area contributed by atoms with Gasteiger partial charge in [0.2, 0.25) is 11.8 Å². The van der Waals surface area contributed by atoms with E-state index in [9.17, 15) is 9.59 Å². The van der Waals surface area contributed by atoms with E-state index >= 15 is 0 Å². The zero-order valence-corrected chi connectivity index (χ0v) is 13.3. The minimum Gasteiger partial charge on any atom is -0.352 e. The number of hydrogen-bond donors (Lipinski definition) is 2. The molecule has 2 aromatic rings. The summed E-state index contributed by atoms with van der Waals surface area (Å²) >= 11 is 0. The Hall–Kier alpha value is -2.70. The minimum atomic E-state index is -0.0565. The van der Waals surface area contributed by atoms with Gasteiger partial charge in [0.1, 0.15) is 12.7 Å². The minimum absolute atomic E-state index is 0.0147. The molecule has 2 amide bonds. The number of carbonyl (C=O) groups is 2. The molecule has 2 N–H and O–H groups in total. The maximum atomic E-state index is 11.8. The zero-order valence-electron chi connectivity index (χ0n) is 13.3. The van der Waals surface area contributed by atoms with Crippen LogP contribution >= 0.6 is 0 Å². The molecule has 0 radical (unpaired) electrons. The Morgan fingerprint density at radius 2 is 1.96 bits per heavy atom. The Labute approximate surface area is 135 Å². The van der Waals surface area contributed by atoms with Crippen LogP contribution in [0.2, 0.25) is 0 Å². The number of hydrogen-bond acceptors (Lipinski definition) is 4. The van der Waals surface area contributed by atoms with E-state index < -0.39 is 0 Å². The smallest absolute Gasteiger partial charge is 0.226 e. The summed E-state index contributed by atoms with van der Waals surface area (Å²) < 4.78 is 1.62.